The van der Waals surface area contributed by atoms with Crippen molar-refractivity contribution in [3.8, 4) is 0 Å². The average Bonchev–Trinajstić information content (AvgIpc) is 3.51. The van der Waals surface area contributed by atoms with E-state index < -0.39 is 0 Å². The molecule has 0 spiro atoms. The molecule has 0 bridgehead atoms. The normalized spacial score (nSPS) is 16.9. The summed E-state index contributed by atoms with van der Waals surface area (Å²) in [6, 6.07) is 19.2. The molecule has 0 amide bonds. The van der Waals surface area contributed by atoms with Crippen molar-refractivity contribution in [1.82, 2.24) is 0 Å². The maximum atomic E-state index is 13.5. The molecule has 4 heteroatoms. The van der Waals surface area contributed by atoms with Gasteiger partial charge in [-0.05, 0) is 77.8 Å². The molecular formula is C25H23F2NO. The molecule has 1 fully saturated rings. The van der Waals surface area contributed by atoms with E-state index in [0.717, 1.165) is 48.2 Å². The van der Waals surface area contributed by atoms with E-state index in [1.165, 1.54) is 29.8 Å². The fourth-order valence-corrected chi connectivity index (χ4v) is 4.43. The van der Waals surface area contributed by atoms with E-state index in [2.05, 4.69) is 17.0 Å². The van der Waals surface area contributed by atoms with Gasteiger partial charge in [0.2, 0.25) is 0 Å². The van der Waals surface area contributed by atoms with Crippen LogP contribution >= 0.6 is 0 Å². The van der Waals surface area contributed by atoms with Crippen LogP contribution in [0, 0.1) is 17.6 Å². The lowest BCUT2D eigenvalue weighted by Crippen LogP contribution is -2.27. The third-order valence-electron chi connectivity index (χ3n) is 6.13. The van der Waals surface area contributed by atoms with Crippen molar-refractivity contribution in [2.75, 3.05) is 11.4 Å². The Kier molecular flexibility index (Phi) is 4.59. The highest BCUT2D eigenvalue weighted by Gasteiger charge is 2.33. The highest BCUT2D eigenvalue weighted by molar-refractivity contribution is 5.62. The second kappa shape index (κ2) is 7.27. The molecule has 2 nitrogen and oxygen atoms in total. The van der Waals surface area contributed by atoms with Crippen molar-refractivity contribution in [2.45, 2.75) is 31.4 Å². The zero-order valence-electron chi connectivity index (χ0n) is 16.1. The van der Waals surface area contributed by atoms with Crippen LogP contribution in [-0.4, -0.2) is 11.7 Å². The summed E-state index contributed by atoms with van der Waals surface area (Å²) < 4.78 is 27.1. The lowest BCUT2D eigenvalue weighted by molar-refractivity contribution is 0.154. The van der Waals surface area contributed by atoms with Gasteiger partial charge in [0.05, 0.1) is 12.1 Å². The molecule has 1 saturated carbocycles. The summed E-state index contributed by atoms with van der Waals surface area (Å²) in [5.74, 6) is -0.143. The number of hydrogen-bond donors (Lipinski definition) is 1. The minimum Gasteiger partial charge on any atom is -0.388 e. The van der Waals surface area contributed by atoms with E-state index in [4.69, 9.17) is 0 Å². The summed E-state index contributed by atoms with van der Waals surface area (Å²) in [6.07, 6.45) is 2.71. The number of halogens is 2. The highest BCUT2D eigenvalue weighted by Crippen LogP contribution is 2.44. The SMILES string of the molecule is OC(c1ccc2c(c1)CCN2C(c1ccc(F)cc1)c1ccc(F)cc1)C1CC1. The van der Waals surface area contributed by atoms with Gasteiger partial charge in [-0.2, -0.15) is 0 Å². The minimum absolute atomic E-state index is 0.128. The Balaban J connectivity index is 1.53. The summed E-state index contributed by atoms with van der Waals surface area (Å²) in [7, 11) is 0. The summed E-state index contributed by atoms with van der Waals surface area (Å²) in [4.78, 5) is 2.29. The van der Waals surface area contributed by atoms with E-state index in [1.807, 2.05) is 6.07 Å². The Morgan fingerprint density at radius 1 is 0.793 bits per heavy atom. The number of benzene rings is 3. The van der Waals surface area contributed by atoms with E-state index in [1.54, 1.807) is 24.3 Å². The predicted octanol–water partition coefficient (Wildman–Crippen LogP) is 5.56. The first-order valence-electron chi connectivity index (χ1n) is 10.2. The van der Waals surface area contributed by atoms with Crippen LogP contribution in [0.4, 0.5) is 14.5 Å². The van der Waals surface area contributed by atoms with Gasteiger partial charge in [0.15, 0.2) is 0 Å². The maximum Gasteiger partial charge on any atom is 0.123 e. The first kappa shape index (κ1) is 18.3. The summed E-state index contributed by atoms with van der Waals surface area (Å²) >= 11 is 0. The molecule has 3 aromatic carbocycles. The smallest absolute Gasteiger partial charge is 0.123 e. The summed E-state index contributed by atoms with van der Waals surface area (Å²) in [5.41, 5.74) is 5.26. The zero-order chi connectivity index (χ0) is 20.0. The largest absolute Gasteiger partial charge is 0.388 e. The first-order valence-corrected chi connectivity index (χ1v) is 10.2. The lowest BCUT2D eigenvalue weighted by Gasteiger charge is -2.31. The molecule has 1 aliphatic heterocycles. The Labute approximate surface area is 169 Å². The highest BCUT2D eigenvalue weighted by atomic mass is 19.1. The summed E-state index contributed by atoms with van der Waals surface area (Å²) in [5, 5.41) is 10.5. The number of aliphatic hydroxyl groups is 1. The van der Waals surface area contributed by atoms with Gasteiger partial charge in [-0.15, -0.1) is 0 Å². The van der Waals surface area contributed by atoms with E-state index >= 15 is 0 Å². The van der Waals surface area contributed by atoms with Gasteiger partial charge >= 0.3 is 0 Å². The second-order valence-electron chi connectivity index (χ2n) is 8.12. The van der Waals surface area contributed by atoms with Crippen LogP contribution in [0.25, 0.3) is 0 Å². The van der Waals surface area contributed by atoms with Crippen molar-refractivity contribution >= 4 is 5.69 Å². The fraction of sp³-hybridized carbons (Fsp3) is 0.280. The van der Waals surface area contributed by atoms with Gasteiger partial charge in [-0.1, -0.05) is 36.4 Å². The van der Waals surface area contributed by atoms with Gasteiger partial charge < -0.3 is 10.0 Å². The molecule has 29 heavy (non-hydrogen) atoms. The lowest BCUT2D eigenvalue weighted by atomic mass is 9.96. The van der Waals surface area contributed by atoms with Crippen LogP contribution < -0.4 is 4.90 Å². The third kappa shape index (κ3) is 3.53. The van der Waals surface area contributed by atoms with Crippen LogP contribution in [0.15, 0.2) is 66.7 Å². The average molecular weight is 391 g/mol. The van der Waals surface area contributed by atoms with E-state index in [0.29, 0.717) is 5.92 Å². The first-order chi connectivity index (χ1) is 14.1. The molecule has 0 aromatic heterocycles. The van der Waals surface area contributed by atoms with Crippen molar-refractivity contribution in [1.29, 1.82) is 0 Å². The Hall–Kier alpha value is -2.72. The van der Waals surface area contributed by atoms with Gasteiger partial charge in [0.25, 0.3) is 0 Å². The zero-order valence-corrected chi connectivity index (χ0v) is 16.1. The molecule has 1 aliphatic carbocycles. The van der Waals surface area contributed by atoms with Crippen LogP contribution in [-0.2, 0) is 6.42 Å². The molecule has 1 heterocycles. The molecule has 1 unspecified atom stereocenters. The topological polar surface area (TPSA) is 23.5 Å². The van der Waals surface area contributed by atoms with Crippen LogP contribution in [0.1, 0.15) is 47.2 Å². The Morgan fingerprint density at radius 3 is 1.90 bits per heavy atom. The molecule has 5 rings (SSSR count). The molecule has 148 valence electrons. The number of aliphatic hydroxyl groups excluding tert-OH is 1. The molecule has 3 aromatic rings. The maximum absolute atomic E-state index is 13.5. The summed E-state index contributed by atoms with van der Waals surface area (Å²) in [6.45, 7) is 0.817. The molecule has 2 aliphatic rings. The number of anilines is 1. The number of fused-ring (bicyclic) bond motifs is 1. The Morgan fingerprint density at radius 2 is 1.34 bits per heavy atom. The molecular weight excluding hydrogens is 368 g/mol. The number of nitrogens with zero attached hydrogens (tertiary/aromatic N) is 1. The quantitative estimate of drug-likeness (QED) is 0.615. The second-order valence-corrected chi connectivity index (χ2v) is 8.12. The molecule has 0 radical (unpaired) electrons. The van der Waals surface area contributed by atoms with Crippen LogP contribution in [0.5, 0.6) is 0 Å². The molecule has 1 atom stereocenters. The Bertz CT molecular complexity index is 966. The monoisotopic (exact) mass is 391 g/mol. The van der Waals surface area contributed by atoms with E-state index in [-0.39, 0.29) is 23.8 Å². The van der Waals surface area contributed by atoms with Crippen molar-refractivity contribution < 1.29 is 13.9 Å². The number of rotatable bonds is 5. The van der Waals surface area contributed by atoms with Crippen molar-refractivity contribution in [3.63, 3.8) is 0 Å². The van der Waals surface area contributed by atoms with E-state index in [9.17, 15) is 13.9 Å². The predicted molar refractivity (Wildman–Crippen MR) is 110 cm³/mol. The molecule has 1 N–H and O–H groups in total. The van der Waals surface area contributed by atoms with Crippen LogP contribution in [0.3, 0.4) is 0 Å². The van der Waals surface area contributed by atoms with Crippen molar-refractivity contribution in [3.05, 3.63) is 101 Å². The van der Waals surface area contributed by atoms with Gasteiger partial charge in [0, 0.05) is 12.2 Å². The minimum atomic E-state index is -0.376. The van der Waals surface area contributed by atoms with Gasteiger partial charge in [-0.25, -0.2) is 8.78 Å². The standard InChI is InChI=1S/C25H23F2NO/c26-21-8-3-16(4-9-21)24(17-5-10-22(27)11-6-17)28-14-13-19-15-20(7-12-23(19)28)25(29)18-1-2-18/h3-12,15,18,24-25,29H,1-2,13-14H2. The van der Waals surface area contributed by atoms with Gasteiger partial charge in [0.1, 0.15) is 11.6 Å². The van der Waals surface area contributed by atoms with Crippen molar-refractivity contribution in [2.24, 2.45) is 5.92 Å². The number of hydrogen-bond acceptors (Lipinski definition) is 2. The third-order valence-corrected chi connectivity index (χ3v) is 6.13. The van der Waals surface area contributed by atoms with Crippen LogP contribution in [0.2, 0.25) is 0 Å². The van der Waals surface area contributed by atoms with Gasteiger partial charge in [-0.3, -0.25) is 0 Å². The molecule has 0 saturated heterocycles. The fourth-order valence-electron chi connectivity index (χ4n) is 4.43.